The fourth-order valence-electron chi connectivity index (χ4n) is 5.60. The van der Waals surface area contributed by atoms with E-state index in [4.69, 9.17) is 15.5 Å². The highest BCUT2D eigenvalue weighted by molar-refractivity contribution is 5.96. The van der Waals surface area contributed by atoms with Crippen LogP contribution in [0.4, 0.5) is 17.3 Å². The first kappa shape index (κ1) is 25.3. The highest BCUT2D eigenvalue weighted by Gasteiger charge is 2.31. The summed E-state index contributed by atoms with van der Waals surface area (Å²) in [6.07, 6.45) is 6.68. The lowest BCUT2D eigenvalue weighted by Gasteiger charge is -2.40. The van der Waals surface area contributed by atoms with E-state index in [9.17, 15) is 9.59 Å². The van der Waals surface area contributed by atoms with Crippen LogP contribution in [0.25, 0.3) is 0 Å². The Kier molecular flexibility index (Phi) is 6.91. The maximum atomic E-state index is 13.1. The number of piperidine rings is 1. The molecule has 2 aromatic carbocycles. The summed E-state index contributed by atoms with van der Waals surface area (Å²) in [5.41, 5.74) is 10.9. The number of carbonyl (C=O) groups excluding carboxylic acids is 2. The third-order valence-corrected chi connectivity index (χ3v) is 8.06. The van der Waals surface area contributed by atoms with Crippen LogP contribution in [-0.2, 0) is 17.8 Å². The fourth-order valence-corrected chi connectivity index (χ4v) is 5.60. The van der Waals surface area contributed by atoms with Gasteiger partial charge in [-0.3, -0.25) is 9.59 Å². The number of aromatic nitrogens is 2. The number of nitrogens with one attached hydrogen (secondary N) is 2. The number of nitrogens with zero attached hydrogens (tertiary/aromatic N) is 3. The van der Waals surface area contributed by atoms with Crippen molar-refractivity contribution in [2.75, 3.05) is 23.4 Å². The number of anilines is 3. The van der Waals surface area contributed by atoms with Crippen molar-refractivity contribution in [3.63, 3.8) is 0 Å². The number of rotatable bonds is 7. The lowest BCUT2D eigenvalue weighted by molar-refractivity contribution is 0.0923. The average Bonchev–Trinajstić information content (AvgIpc) is 3.80. The fraction of sp³-hybridized carbons (Fsp3) is 0.400. The van der Waals surface area contributed by atoms with Gasteiger partial charge in [0.15, 0.2) is 11.5 Å². The Morgan fingerprint density at radius 2 is 1.90 bits per heavy atom. The summed E-state index contributed by atoms with van der Waals surface area (Å²) in [6, 6.07) is 14.0. The van der Waals surface area contributed by atoms with Crippen LogP contribution in [0, 0.1) is 0 Å². The molecule has 39 heavy (non-hydrogen) atoms. The highest BCUT2D eigenvalue weighted by atomic mass is 16.5. The van der Waals surface area contributed by atoms with Crippen molar-refractivity contribution in [3.8, 4) is 0 Å². The van der Waals surface area contributed by atoms with Gasteiger partial charge in [0.25, 0.3) is 11.8 Å². The molecule has 202 valence electrons. The van der Waals surface area contributed by atoms with Crippen molar-refractivity contribution in [2.24, 2.45) is 5.73 Å². The number of ether oxygens (including phenoxy) is 1. The van der Waals surface area contributed by atoms with Crippen LogP contribution >= 0.6 is 0 Å². The second kappa shape index (κ2) is 10.6. The topological polar surface area (TPSA) is 122 Å². The van der Waals surface area contributed by atoms with Gasteiger partial charge in [-0.25, -0.2) is 9.97 Å². The van der Waals surface area contributed by atoms with E-state index in [2.05, 4.69) is 45.6 Å². The van der Waals surface area contributed by atoms with Crippen molar-refractivity contribution in [1.29, 1.82) is 0 Å². The van der Waals surface area contributed by atoms with Crippen LogP contribution in [0.5, 0.6) is 0 Å². The Bertz CT molecular complexity index is 1390. The molecule has 0 radical (unpaired) electrons. The minimum absolute atomic E-state index is 0.0150. The second-order valence-electron chi connectivity index (χ2n) is 10.8. The number of amides is 2. The molecule has 9 heteroatoms. The molecule has 3 aliphatic rings. The third kappa shape index (κ3) is 5.45. The SMILES string of the molecule is C[C@@H]1[C@H](NC(=O)c2ccc(C3CC3)cc2)CCCN1c1cnc(C(N)=O)c(Nc2ccc3c(c2)CCOC3)n1. The molecule has 3 aromatic rings. The molecule has 1 aliphatic carbocycles. The first-order chi connectivity index (χ1) is 19.0. The average molecular weight is 527 g/mol. The second-order valence-corrected chi connectivity index (χ2v) is 10.8. The minimum Gasteiger partial charge on any atom is -0.376 e. The number of benzene rings is 2. The van der Waals surface area contributed by atoms with Crippen molar-refractivity contribution < 1.29 is 14.3 Å². The van der Waals surface area contributed by atoms with E-state index >= 15 is 0 Å². The molecule has 2 atom stereocenters. The zero-order valence-corrected chi connectivity index (χ0v) is 22.2. The summed E-state index contributed by atoms with van der Waals surface area (Å²) in [7, 11) is 0. The molecule has 6 rings (SSSR count). The third-order valence-electron chi connectivity index (χ3n) is 8.06. The molecule has 4 N–H and O–H groups in total. The predicted octanol–water partition coefficient (Wildman–Crippen LogP) is 4.06. The van der Waals surface area contributed by atoms with Crippen LogP contribution in [0.15, 0.2) is 48.7 Å². The highest BCUT2D eigenvalue weighted by Crippen LogP contribution is 2.40. The van der Waals surface area contributed by atoms with Crippen molar-refractivity contribution >= 4 is 29.1 Å². The van der Waals surface area contributed by atoms with Gasteiger partial charge in [-0.1, -0.05) is 18.2 Å². The molecule has 3 heterocycles. The zero-order valence-electron chi connectivity index (χ0n) is 22.2. The molecular weight excluding hydrogens is 492 g/mol. The monoisotopic (exact) mass is 526 g/mol. The van der Waals surface area contributed by atoms with Gasteiger partial charge in [-0.05, 0) is 85.9 Å². The first-order valence-electron chi connectivity index (χ1n) is 13.8. The zero-order chi connectivity index (χ0) is 26.9. The van der Waals surface area contributed by atoms with Gasteiger partial charge in [0.1, 0.15) is 5.82 Å². The van der Waals surface area contributed by atoms with Crippen LogP contribution < -0.4 is 21.3 Å². The number of nitrogens with two attached hydrogens (primary N) is 1. The van der Waals surface area contributed by atoms with Crippen LogP contribution in [0.3, 0.4) is 0 Å². The van der Waals surface area contributed by atoms with E-state index in [-0.39, 0.29) is 23.7 Å². The molecule has 2 fully saturated rings. The van der Waals surface area contributed by atoms with Gasteiger partial charge >= 0.3 is 0 Å². The number of hydrogen-bond donors (Lipinski definition) is 3. The molecule has 0 bridgehead atoms. The summed E-state index contributed by atoms with van der Waals surface area (Å²) in [4.78, 5) is 36.5. The Hall–Kier alpha value is -3.98. The smallest absolute Gasteiger partial charge is 0.271 e. The molecule has 2 aliphatic heterocycles. The molecule has 0 spiro atoms. The van der Waals surface area contributed by atoms with Crippen molar-refractivity contribution in [3.05, 3.63) is 76.6 Å². The van der Waals surface area contributed by atoms with Gasteiger partial charge in [-0.2, -0.15) is 0 Å². The van der Waals surface area contributed by atoms with Crippen molar-refractivity contribution in [1.82, 2.24) is 15.3 Å². The Labute approximate surface area is 228 Å². The molecule has 1 saturated heterocycles. The van der Waals surface area contributed by atoms with Gasteiger partial charge in [-0.15, -0.1) is 0 Å². The lowest BCUT2D eigenvalue weighted by atomic mass is 9.97. The van der Waals surface area contributed by atoms with Gasteiger partial charge in [0.05, 0.1) is 19.4 Å². The van der Waals surface area contributed by atoms with Crippen LogP contribution in [0.1, 0.15) is 76.1 Å². The minimum atomic E-state index is -0.646. The number of carbonyl (C=O) groups is 2. The van der Waals surface area contributed by atoms with Gasteiger partial charge < -0.3 is 26.0 Å². The van der Waals surface area contributed by atoms with E-state index in [0.717, 1.165) is 37.1 Å². The van der Waals surface area contributed by atoms with Crippen LogP contribution in [0.2, 0.25) is 0 Å². The van der Waals surface area contributed by atoms with Crippen molar-refractivity contribution in [2.45, 2.75) is 63.6 Å². The molecular formula is C30H34N6O3. The molecule has 1 aromatic heterocycles. The van der Waals surface area contributed by atoms with E-state index in [1.165, 1.54) is 24.0 Å². The van der Waals surface area contributed by atoms with E-state index < -0.39 is 5.91 Å². The largest absolute Gasteiger partial charge is 0.376 e. The molecule has 0 unspecified atom stereocenters. The molecule has 2 amide bonds. The summed E-state index contributed by atoms with van der Waals surface area (Å²) in [5, 5.41) is 6.50. The Morgan fingerprint density at radius 1 is 1.08 bits per heavy atom. The molecule has 9 nitrogen and oxygen atoms in total. The number of fused-ring (bicyclic) bond motifs is 1. The first-order valence-corrected chi connectivity index (χ1v) is 13.8. The lowest BCUT2D eigenvalue weighted by Crippen LogP contribution is -2.54. The quantitative estimate of drug-likeness (QED) is 0.424. The summed E-state index contributed by atoms with van der Waals surface area (Å²) < 4.78 is 5.54. The summed E-state index contributed by atoms with van der Waals surface area (Å²) in [5.74, 6) is 0.909. The van der Waals surface area contributed by atoms with Gasteiger partial charge in [0.2, 0.25) is 0 Å². The normalized spacial score (nSPS) is 20.7. The molecule has 1 saturated carbocycles. The summed E-state index contributed by atoms with van der Waals surface area (Å²) >= 11 is 0. The standard InChI is InChI=1S/C30H34N6O3/c1-18-25(34-30(38)21-8-6-20(7-9-21)19-4-5-19)3-2-13-36(18)26-16-32-27(28(31)37)29(35-26)33-24-11-10-23-17-39-14-12-22(23)15-24/h6-11,15-16,18-19,25H,2-5,12-14,17H2,1H3,(H2,31,37)(H,33,35)(H,34,38)/t18-,25-/m1/s1. The van der Waals surface area contributed by atoms with E-state index in [1.54, 1.807) is 6.20 Å². The van der Waals surface area contributed by atoms with E-state index in [1.807, 2.05) is 24.3 Å². The summed E-state index contributed by atoms with van der Waals surface area (Å²) in [6.45, 7) is 4.15. The number of hydrogen-bond acceptors (Lipinski definition) is 7. The maximum Gasteiger partial charge on any atom is 0.271 e. The maximum absolute atomic E-state index is 13.1. The van der Waals surface area contributed by atoms with Gasteiger partial charge in [0, 0.05) is 29.9 Å². The number of primary amides is 1. The Balaban J connectivity index is 1.19. The van der Waals surface area contributed by atoms with E-state index in [0.29, 0.717) is 36.3 Å². The Morgan fingerprint density at radius 3 is 2.67 bits per heavy atom. The predicted molar refractivity (Wildman–Crippen MR) is 149 cm³/mol. The van der Waals surface area contributed by atoms with Crippen LogP contribution in [-0.4, -0.2) is 47.0 Å².